The molecule has 3 fully saturated rings. The number of halogens is 10. The summed E-state index contributed by atoms with van der Waals surface area (Å²) in [4.78, 5) is 44.8. The lowest BCUT2D eigenvalue weighted by molar-refractivity contribution is -0.931. The van der Waals surface area contributed by atoms with E-state index in [1.54, 1.807) is 6.07 Å². The number of aliphatic carboxylic acids is 3. The van der Waals surface area contributed by atoms with Crippen LogP contribution >= 0.6 is 0 Å². The lowest BCUT2D eigenvalue weighted by Gasteiger charge is -2.44. The quantitative estimate of drug-likeness (QED) is 0.115. The molecule has 3 aliphatic rings. The van der Waals surface area contributed by atoms with Crippen molar-refractivity contribution in [2.45, 2.75) is 76.8 Å². The fourth-order valence-electron chi connectivity index (χ4n) is 7.40. The number of carboxylic acid groups (broad SMARTS) is 3. The first-order chi connectivity index (χ1) is 30.3. The van der Waals surface area contributed by atoms with Crippen LogP contribution in [0.1, 0.15) is 59.7 Å². The topological polar surface area (TPSA) is 160 Å². The molecule has 1 atom stereocenters. The first kappa shape index (κ1) is 54.0. The highest BCUT2D eigenvalue weighted by Crippen LogP contribution is 2.27. The molecular formula is C43H52F10N5O7+. The summed E-state index contributed by atoms with van der Waals surface area (Å²) < 4.78 is 112. The van der Waals surface area contributed by atoms with Gasteiger partial charge < -0.3 is 30.4 Å². The van der Waals surface area contributed by atoms with Gasteiger partial charge in [0.1, 0.15) is 5.82 Å². The number of nitrogens with zero attached hydrogens (tertiary/aromatic N) is 3. The van der Waals surface area contributed by atoms with E-state index in [-0.39, 0.29) is 11.7 Å². The second kappa shape index (κ2) is 24.3. The molecule has 6 rings (SSSR count). The Balaban J connectivity index is 0.000000443. The molecule has 3 heterocycles. The van der Waals surface area contributed by atoms with Crippen LogP contribution in [0.15, 0.2) is 66.7 Å². The Morgan fingerprint density at radius 3 is 1.69 bits per heavy atom. The molecule has 3 saturated heterocycles. The van der Waals surface area contributed by atoms with Gasteiger partial charge in [0, 0.05) is 69.5 Å². The molecule has 22 heteroatoms. The molecule has 0 radical (unpaired) electrons. The van der Waals surface area contributed by atoms with E-state index in [1.165, 1.54) is 73.5 Å². The highest BCUT2D eigenvalue weighted by molar-refractivity contribution is 5.94. The molecule has 0 bridgehead atoms. The number of carboxylic acids is 3. The molecule has 3 aromatic rings. The summed E-state index contributed by atoms with van der Waals surface area (Å²) in [5.74, 6) is -8.62. The van der Waals surface area contributed by atoms with Crippen molar-refractivity contribution in [3.63, 3.8) is 0 Å². The Hall–Kier alpha value is -5.32. The van der Waals surface area contributed by atoms with Crippen LogP contribution in [-0.4, -0.2) is 137 Å². The smallest absolute Gasteiger partial charge is 0.475 e. The van der Waals surface area contributed by atoms with E-state index >= 15 is 4.39 Å². The van der Waals surface area contributed by atoms with Gasteiger partial charge in [0.05, 0.1) is 26.2 Å². The number of piperazine rings is 2. The zero-order valence-corrected chi connectivity index (χ0v) is 35.3. The van der Waals surface area contributed by atoms with Crippen molar-refractivity contribution in [2.75, 3.05) is 58.9 Å². The van der Waals surface area contributed by atoms with Crippen LogP contribution in [0.4, 0.5) is 43.9 Å². The minimum absolute atomic E-state index is 0.0994. The van der Waals surface area contributed by atoms with Gasteiger partial charge >= 0.3 is 36.4 Å². The van der Waals surface area contributed by atoms with E-state index < -0.39 is 36.4 Å². The minimum atomic E-state index is -5.08. The van der Waals surface area contributed by atoms with Crippen molar-refractivity contribution < 1.29 is 82.9 Å². The molecule has 1 spiro atoms. The number of benzene rings is 3. The summed E-state index contributed by atoms with van der Waals surface area (Å²) >= 11 is 0. The highest BCUT2D eigenvalue weighted by atomic mass is 19.4. The molecule has 360 valence electrons. The first-order valence-electron chi connectivity index (χ1n) is 20.5. The van der Waals surface area contributed by atoms with E-state index in [0.717, 1.165) is 56.9 Å². The molecule has 1 amide bonds. The maximum Gasteiger partial charge on any atom is 0.490 e. The Kier molecular flexibility index (Phi) is 20.2. The number of alkyl halides is 9. The summed E-state index contributed by atoms with van der Waals surface area (Å²) in [5.41, 5.74) is 5.35. The van der Waals surface area contributed by atoms with Gasteiger partial charge in [-0.05, 0) is 85.2 Å². The van der Waals surface area contributed by atoms with Crippen molar-refractivity contribution in [1.82, 2.24) is 20.4 Å². The number of carbonyl (C=O) groups is 4. The number of hydrogen-bond acceptors (Lipinski definition) is 7. The normalized spacial score (nSPS) is 18.0. The highest BCUT2D eigenvalue weighted by Gasteiger charge is 2.39. The van der Waals surface area contributed by atoms with Gasteiger partial charge in [-0.1, -0.05) is 36.4 Å². The number of nitrogens with one attached hydrogen (secondary N) is 2. The summed E-state index contributed by atoms with van der Waals surface area (Å²) in [6.45, 7) is 14.8. The summed E-state index contributed by atoms with van der Waals surface area (Å²) in [5, 5.41) is 27.9. The number of rotatable bonds is 8. The summed E-state index contributed by atoms with van der Waals surface area (Å²) in [6.07, 6.45) is -9.71. The fraction of sp³-hybridized carbons (Fsp3) is 0.488. The summed E-state index contributed by atoms with van der Waals surface area (Å²) in [6, 6.07) is 21.8. The standard InChI is InChI=1S/C37H48FN5O.3C2HF3O2/c1-29-26-42(15-14-39-29)28-31-8-6-10-33(22-31)35-24-30(12-13-36(35)38)25-40-37(44)34-11-7-9-32(23-34)27-41-16-20-43(21-17-41)18-4-2-3-5-19-43;3*3-2(4,5)1(6)7/h6-13,22-24,29,39H,2-5,14-21,25-28H2,1H3;3*(H,6,7)/p+1/t29-;;;/m0.../s1. The van der Waals surface area contributed by atoms with Gasteiger partial charge in [-0.2, -0.15) is 39.5 Å². The third-order valence-corrected chi connectivity index (χ3v) is 10.7. The Bertz CT molecular complexity index is 1970. The lowest BCUT2D eigenvalue weighted by Crippen LogP contribution is -2.59. The fourth-order valence-corrected chi connectivity index (χ4v) is 7.40. The Labute approximate surface area is 368 Å². The monoisotopic (exact) mass is 940 g/mol. The van der Waals surface area contributed by atoms with Gasteiger partial charge in [0.2, 0.25) is 0 Å². The Morgan fingerprint density at radius 1 is 0.662 bits per heavy atom. The third kappa shape index (κ3) is 19.0. The molecule has 3 aromatic carbocycles. The van der Waals surface area contributed by atoms with E-state index in [9.17, 15) is 44.3 Å². The van der Waals surface area contributed by atoms with Crippen LogP contribution in [0.5, 0.6) is 0 Å². The third-order valence-electron chi connectivity index (χ3n) is 10.7. The first-order valence-corrected chi connectivity index (χ1v) is 20.5. The zero-order valence-electron chi connectivity index (χ0n) is 35.3. The van der Waals surface area contributed by atoms with Crippen molar-refractivity contribution in [2.24, 2.45) is 0 Å². The maximum absolute atomic E-state index is 15.0. The predicted molar refractivity (Wildman–Crippen MR) is 217 cm³/mol. The molecule has 65 heavy (non-hydrogen) atoms. The SMILES string of the molecule is C[C@H]1CN(Cc2cccc(-c3cc(CNC(=O)c4cccc(CN5CC[N+]6(CCCCCC6)CC5)c4)ccc3F)c2)CCN1.O=C(O)C(F)(F)F.O=C(O)C(F)(F)F.O=C(O)C(F)(F)F. The van der Waals surface area contributed by atoms with Gasteiger partial charge in [0.25, 0.3) is 5.91 Å². The number of hydrogen-bond donors (Lipinski definition) is 5. The van der Waals surface area contributed by atoms with Crippen LogP contribution in [0.3, 0.4) is 0 Å². The molecule has 0 unspecified atom stereocenters. The zero-order chi connectivity index (χ0) is 48.6. The van der Waals surface area contributed by atoms with Crippen LogP contribution in [0, 0.1) is 5.82 Å². The maximum atomic E-state index is 15.0. The summed E-state index contributed by atoms with van der Waals surface area (Å²) in [7, 11) is 0. The van der Waals surface area contributed by atoms with E-state index in [0.29, 0.717) is 23.7 Å². The van der Waals surface area contributed by atoms with Crippen LogP contribution in [0.2, 0.25) is 0 Å². The van der Waals surface area contributed by atoms with Gasteiger partial charge in [-0.3, -0.25) is 14.6 Å². The van der Waals surface area contributed by atoms with Crippen LogP contribution in [-0.2, 0) is 34.0 Å². The average Bonchev–Trinajstić information content (AvgIpc) is 3.46. The molecule has 3 aliphatic heterocycles. The van der Waals surface area contributed by atoms with Crippen molar-refractivity contribution >= 4 is 23.8 Å². The molecule has 5 N–H and O–H groups in total. The number of quaternary nitrogens is 1. The molecule has 0 saturated carbocycles. The average molecular weight is 941 g/mol. The van der Waals surface area contributed by atoms with E-state index in [1.807, 2.05) is 36.4 Å². The van der Waals surface area contributed by atoms with Crippen molar-refractivity contribution in [3.05, 3.63) is 94.8 Å². The molecule has 0 aliphatic carbocycles. The number of carbonyl (C=O) groups excluding carboxylic acids is 1. The largest absolute Gasteiger partial charge is 0.490 e. The molecule has 0 aromatic heterocycles. The predicted octanol–water partition coefficient (Wildman–Crippen LogP) is 7.32. The van der Waals surface area contributed by atoms with Gasteiger partial charge in [-0.25, -0.2) is 18.8 Å². The second-order valence-electron chi connectivity index (χ2n) is 15.8. The molecular weight excluding hydrogens is 888 g/mol. The van der Waals surface area contributed by atoms with E-state index in [4.69, 9.17) is 29.7 Å². The van der Waals surface area contributed by atoms with Crippen LogP contribution in [0.25, 0.3) is 11.1 Å². The second-order valence-corrected chi connectivity index (χ2v) is 15.8. The Morgan fingerprint density at radius 2 is 1.17 bits per heavy atom. The van der Waals surface area contributed by atoms with Crippen molar-refractivity contribution in [3.8, 4) is 11.1 Å². The van der Waals surface area contributed by atoms with Crippen molar-refractivity contribution in [1.29, 1.82) is 0 Å². The van der Waals surface area contributed by atoms with Crippen LogP contribution < -0.4 is 10.6 Å². The minimum Gasteiger partial charge on any atom is -0.475 e. The molecule has 12 nitrogen and oxygen atoms in total. The van der Waals surface area contributed by atoms with E-state index in [2.05, 4.69) is 45.6 Å². The van der Waals surface area contributed by atoms with Gasteiger partial charge in [0.15, 0.2) is 0 Å². The lowest BCUT2D eigenvalue weighted by atomic mass is 10.00. The number of amides is 1. The van der Waals surface area contributed by atoms with Gasteiger partial charge in [-0.15, -0.1) is 0 Å².